The number of hydrogen-bond acceptors (Lipinski definition) is 6. The highest BCUT2D eigenvalue weighted by atomic mass is 32.2. The summed E-state index contributed by atoms with van der Waals surface area (Å²) >= 11 is 1.23. The fraction of sp³-hybridized carbons (Fsp3) is 0.286. The molecule has 8 heteroatoms. The number of aromatic nitrogens is 3. The molecule has 0 radical (unpaired) electrons. The highest BCUT2D eigenvalue weighted by molar-refractivity contribution is 7.99. The van der Waals surface area contributed by atoms with Crippen LogP contribution in [0.2, 0.25) is 0 Å². The van der Waals surface area contributed by atoms with Crippen LogP contribution in [0.5, 0.6) is 5.75 Å². The van der Waals surface area contributed by atoms with Crippen LogP contribution in [-0.4, -0.2) is 26.5 Å². The van der Waals surface area contributed by atoms with Crippen LogP contribution in [-0.2, 0) is 11.4 Å². The molecule has 2 aromatic carbocycles. The van der Waals surface area contributed by atoms with Crippen LogP contribution >= 0.6 is 11.8 Å². The van der Waals surface area contributed by atoms with Crippen LogP contribution in [0, 0.1) is 27.7 Å². The van der Waals surface area contributed by atoms with Gasteiger partial charge in [0.15, 0.2) is 5.82 Å². The molecule has 0 fully saturated rings. The molecule has 0 aliphatic heterocycles. The Hall–Kier alpha value is -3.00. The maximum absolute atomic E-state index is 12.2. The van der Waals surface area contributed by atoms with Crippen molar-refractivity contribution in [2.24, 2.45) is 0 Å². The van der Waals surface area contributed by atoms with Crippen LogP contribution in [0.3, 0.4) is 0 Å². The first-order valence-electron chi connectivity index (χ1n) is 9.23. The van der Waals surface area contributed by atoms with E-state index in [1.807, 2.05) is 58.0 Å². The summed E-state index contributed by atoms with van der Waals surface area (Å²) in [4.78, 5) is 12.2. The Bertz CT molecular complexity index is 1030. The van der Waals surface area contributed by atoms with Gasteiger partial charge in [0.25, 0.3) is 0 Å². The molecule has 0 saturated heterocycles. The summed E-state index contributed by atoms with van der Waals surface area (Å²) in [7, 11) is 0. The lowest BCUT2D eigenvalue weighted by Crippen LogP contribution is -2.18. The lowest BCUT2D eigenvalue weighted by molar-refractivity contribution is -0.113. The number of nitrogens with zero attached hydrogens (tertiary/aromatic N) is 3. The summed E-state index contributed by atoms with van der Waals surface area (Å²) in [5.41, 5.74) is 5.31. The van der Waals surface area contributed by atoms with Crippen molar-refractivity contribution in [3.63, 3.8) is 0 Å². The Morgan fingerprint density at radius 1 is 1.07 bits per heavy atom. The second-order valence-corrected chi connectivity index (χ2v) is 7.90. The predicted octanol–water partition coefficient (Wildman–Crippen LogP) is 3.54. The molecule has 1 aromatic heterocycles. The molecule has 3 aromatic rings. The molecule has 3 N–H and O–H groups in total. The minimum absolute atomic E-state index is 0.130. The minimum atomic E-state index is -0.130. The van der Waals surface area contributed by atoms with E-state index in [0.717, 1.165) is 22.6 Å². The molecule has 152 valence electrons. The Labute approximate surface area is 174 Å². The summed E-state index contributed by atoms with van der Waals surface area (Å²) in [6.45, 7) is 8.27. The van der Waals surface area contributed by atoms with Crippen LogP contribution in [0.4, 0.5) is 5.69 Å². The number of carbonyl (C=O) groups excluding carboxylic acids is 1. The van der Waals surface area contributed by atoms with E-state index in [9.17, 15) is 4.79 Å². The lowest BCUT2D eigenvalue weighted by atomic mass is 10.1. The van der Waals surface area contributed by atoms with E-state index < -0.39 is 0 Å². The Balaban J connectivity index is 1.55. The van der Waals surface area contributed by atoms with Gasteiger partial charge in [-0.15, -0.1) is 10.2 Å². The van der Waals surface area contributed by atoms with Gasteiger partial charge >= 0.3 is 0 Å². The maximum Gasteiger partial charge on any atom is 0.234 e. The second kappa shape index (κ2) is 9.00. The number of anilines is 1. The number of nitrogen functional groups attached to an aromatic ring is 1. The van der Waals surface area contributed by atoms with Crippen LogP contribution in [0.15, 0.2) is 41.6 Å². The lowest BCUT2D eigenvalue weighted by Gasteiger charge is -2.09. The molecule has 0 aliphatic carbocycles. The smallest absolute Gasteiger partial charge is 0.234 e. The molecule has 0 atom stereocenters. The molecule has 29 heavy (non-hydrogen) atoms. The fourth-order valence-electron chi connectivity index (χ4n) is 2.75. The number of benzene rings is 2. The third-order valence-corrected chi connectivity index (χ3v) is 5.49. The van der Waals surface area contributed by atoms with E-state index in [4.69, 9.17) is 10.6 Å². The van der Waals surface area contributed by atoms with Crippen molar-refractivity contribution in [3.8, 4) is 5.75 Å². The van der Waals surface area contributed by atoms with Gasteiger partial charge in [-0.25, -0.2) is 4.68 Å². The molecule has 1 amide bonds. The van der Waals surface area contributed by atoms with Gasteiger partial charge in [-0.05, 0) is 62.6 Å². The number of hydrogen-bond donors (Lipinski definition) is 2. The zero-order valence-corrected chi connectivity index (χ0v) is 17.8. The molecule has 1 heterocycles. The van der Waals surface area contributed by atoms with E-state index in [-0.39, 0.29) is 18.3 Å². The number of rotatable bonds is 7. The third kappa shape index (κ3) is 5.29. The average molecular weight is 412 g/mol. The number of aryl methyl sites for hydroxylation is 4. The molecule has 0 aliphatic rings. The van der Waals surface area contributed by atoms with Crippen molar-refractivity contribution in [1.29, 1.82) is 0 Å². The Morgan fingerprint density at radius 2 is 1.86 bits per heavy atom. The molecular weight excluding hydrogens is 386 g/mol. The molecule has 0 saturated carbocycles. The molecule has 0 bridgehead atoms. The van der Waals surface area contributed by atoms with Crippen molar-refractivity contribution >= 4 is 23.4 Å². The average Bonchev–Trinajstić information content (AvgIpc) is 3.02. The van der Waals surface area contributed by atoms with Crippen molar-refractivity contribution in [3.05, 3.63) is 64.5 Å². The summed E-state index contributed by atoms with van der Waals surface area (Å²) in [6, 6.07) is 11.8. The summed E-state index contributed by atoms with van der Waals surface area (Å²) in [6.07, 6.45) is 0. The Kier molecular flexibility index (Phi) is 6.43. The topological polar surface area (TPSA) is 95.1 Å². The monoisotopic (exact) mass is 411 g/mol. The van der Waals surface area contributed by atoms with Crippen molar-refractivity contribution in [1.82, 2.24) is 14.9 Å². The van der Waals surface area contributed by atoms with E-state index >= 15 is 0 Å². The number of amides is 1. The molecular formula is C21H25N5O2S. The fourth-order valence-corrected chi connectivity index (χ4v) is 3.43. The zero-order valence-electron chi connectivity index (χ0n) is 17.0. The standard InChI is InChI=1S/C21H25N5O2S/c1-13-5-8-18(16(4)9-13)28-11-19-24-25-21(26(19)22)29-12-20(27)23-17-7-6-14(2)15(3)10-17/h5-10H,11-12,22H2,1-4H3,(H,23,27). The summed E-state index contributed by atoms with van der Waals surface area (Å²) in [5.74, 6) is 7.38. The highest BCUT2D eigenvalue weighted by Gasteiger charge is 2.13. The quantitative estimate of drug-likeness (QED) is 0.456. The predicted molar refractivity (Wildman–Crippen MR) is 116 cm³/mol. The second-order valence-electron chi connectivity index (χ2n) is 6.96. The van der Waals surface area contributed by atoms with Crippen molar-refractivity contribution in [2.75, 3.05) is 16.9 Å². The van der Waals surface area contributed by atoms with Gasteiger partial charge in [-0.2, -0.15) is 0 Å². The van der Waals surface area contributed by atoms with Gasteiger partial charge < -0.3 is 15.9 Å². The number of nitrogens with two attached hydrogens (primary N) is 1. The van der Waals surface area contributed by atoms with E-state index in [2.05, 4.69) is 21.6 Å². The first-order chi connectivity index (χ1) is 13.8. The van der Waals surface area contributed by atoms with E-state index in [0.29, 0.717) is 11.0 Å². The van der Waals surface area contributed by atoms with Gasteiger partial charge in [-0.1, -0.05) is 35.5 Å². The van der Waals surface area contributed by atoms with E-state index in [1.54, 1.807) is 0 Å². The van der Waals surface area contributed by atoms with Gasteiger partial charge in [0.2, 0.25) is 11.1 Å². The zero-order chi connectivity index (χ0) is 21.0. The number of thioether (sulfide) groups is 1. The largest absolute Gasteiger partial charge is 0.485 e. The first-order valence-corrected chi connectivity index (χ1v) is 10.2. The van der Waals surface area contributed by atoms with Crippen LogP contribution in [0.25, 0.3) is 0 Å². The Morgan fingerprint density at radius 3 is 2.59 bits per heavy atom. The third-order valence-electron chi connectivity index (χ3n) is 4.55. The SMILES string of the molecule is Cc1ccc(OCc2nnc(SCC(=O)Nc3ccc(C)c(C)c3)n2N)c(C)c1. The minimum Gasteiger partial charge on any atom is -0.485 e. The van der Waals surface area contributed by atoms with Crippen molar-refractivity contribution in [2.45, 2.75) is 39.5 Å². The van der Waals surface area contributed by atoms with Gasteiger partial charge in [-0.3, -0.25) is 4.79 Å². The normalized spacial score (nSPS) is 10.8. The number of carbonyl (C=O) groups is 1. The summed E-state index contributed by atoms with van der Waals surface area (Å²) in [5, 5.41) is 11.5. The molecule has 0 unspecified atom stereocenters. The van der Waals surface area contributed by atoms with Crippen LogP contribution < -0.4 is 15.9 Å². The highest BCUT2D eigenvalue weighted by Crippen LogP contribution is 2.21. The molecule has 7 nitrogen and oxygen atoms in total. The first kappa shape index (κ1) is 20.7. The maximum atomic E-state index is 12.2. The number of ether oxygens (including phenoxy) is 1. The van der Waals surface area contributed by atoms with Crippen LogP contribution in [0.1, 0.15) is 28.1 Å². The number of nitrogens with one attached hydrogen (secondary N) is 1. The van der Waals surface area contributed by atoms with E-state index in [1.165, 1.54) is 27.6 Å². The van der Waals surface area contributed by atoms with Crippen molar-refractivity contribution < 1.29 is 9.53 Å². The molecule has 0 spiro atoms. The molecule has 3 rings (SSSR count). The summed E-state index contributed by atoms with van der Waals surface area (Å²) < 4.78 is 7.16. The van der Waals surface area contributed by atoms with Gasteiger partial charge in [0, 0.05) is 5.69 Å². The van der Waals surface area contributed by atoms with Gasteiger partial charge in [0.1, 0.15) is 12.4 Å². The van der Waals surface area contributed by atoms with Gasteiger partial charge in [0.05, 0.1) is 5.75 Å².